The van der Waals surface area contributed by atoms with Crippen LogP contribution in [0.5, 0.6) is 0 Å². The van der Waals surface area contributed by atoms with E-state index in [-0.39, 0.29) is 0 Å². The van der Waals surface area contributed by atoms with Crippen LogP contribution in [-0.2, 0) is 0 Å². The Bertz CT molecular complexity index is 225. The Morgan fingerprint density at radius 3 is 0.917 bits per heavy atom. The largest absolute Gasteiger partial charge is 0.0493 e. The fourth-order valence-electron chi connectivity index (χ4n) is 0.851. The highest BCUT2D eigenvalue weighted by Crippen LogP contribution is 2.40. The Morgan fingerprint density at radius 1 is 0.583 bits per heavy atom. The summed E-state index contributed by atoms with van der Waals surface area (Å²) in [5.74, 6) is 0. The highest BCUT2D eigenvalue weighted by Gasteiger charge is 2.12. The smallest absolute Gasteiger partial charge is 0.0361 e. The van der Waals surface area contributed by atoms with Gasteiger partial charge in [0.25, 0.3) is 0 Å². The molecule has 1 aromatic carbocycles. The summed E-state index contributed by atoms with van der Waals surface area (Å²) in [5.41, 5.74) is 2.39. The zero-order valence-corrected chi connectivity index (χ0v) is 12.9. The normalized spacial score (nSPS) is 10.5. The maximum absolute atomic E-state index is 3.52. The molecule has 0 unspecified atom stereocenters. The van der Waals surface area contributed by atoms with Gasteiger partial charge in [0.1, 0.15) is 0 Å². The Morgan fingerprint density at radius 2 is 0.750 bits per heavy atom. The van der Waals surface area contributed by atoms with E-state index < -0.39 is 0 Å². The van der Waals surface area contributed by atoms with Crippen LogP contribution in [-0.4, -0.2) is 0 Å². The summed E-state index contributed by atoms with van der Waals surface area (Å²) in [4.78, 5) is 0. The van der Waals surface area contributed by atoms with Crippen LogP contribution in [0.15, 0.2) is 17.9 Å². The summed E-state index contributed by atoms with van der Waals surface area (Å²) in [7, 11) is 0. The third-order valence-electron chi connectivity index (χ3n) is 1.70. The summed E-state index contributed by atoms with van der Waals surface area (Å²) in [6, 6.07) is 0. The van der Waals surface area contributed by atoms with Gasteiger partial charge in [0.2, 0.25) is 0 Å². The molecule has 0 aromatic heterocycles. The first-order valence-electron chi connectivity index (χ1n) is 3.26. The minimum absolute atomic E-state index is 1.11. The SMILES string of the molecule is C[13c]1[13c](Br)[13c](Br)[13c](C)[13c](Br)[13c]1Br. The quantitative estimate of drug-likeness (QED) is 0.489. The molecule has 1 rings (SSSR count). The molecule has 0 saturated carbocycles. The van der Waals surface area contributed by atoms with Crippen LogP contribution in [0.4, 0.5) is 0 Å². The average Bonchev–Trinajstić information content (AvgIpc) is 2.08. The lowest BCUT2D eigenvalue weighted by Crippen LogP contribution is -1.87. The third kappa shape index (κ3) is 1.81. The van der Waals surface area contributed by atoms with Gasteiger partial charge in [-0.1, -0.05) is 0 Å². The predicted molar refractivity (Wildman–Crippen MR) is 66.7 cm³/mol. The standard InChI is InChI=1S/C8H6Br4/c1-3-5(9)7(11)4(2)8(12)6(3)10/h1-2H3/i3+1,4+1,5+1,6+1,7+1,8+1. The molecule has 12 heavy (non-hydrogen) atoms. The second kappa shape index (κ2) is 4.11. The van der Waals surface area contributed by atoms with Gasteiger partial charge in [-0.25, -0.2) is 0 Å². The molecule has 0 aliphatic heterocycles. The van der Waals surface area contributed by atoms with E-state index in [2.05, 4.69) is 77.6 Å². The van der Waals surface area contributed by atoms with Gasteiger partial charge >= 0.3 is 0 Å². The topological polar surface area (TPSA) is 0 Å². The van der Waals surface area contributed by atoms with Crippen molar-refractivity contribution in [1.29, 1.82) is 0 Å². The molecule has 0 N–H and O–H groups in total. The summed E-state index contributed by atoms with van der Waals surface area (Å²) >= 11 is 14.1. The first-order valence-corrected chi connectivity index (χ1v) is 6.43. The van der Waals surface area contributed by atoms with Crippen molar-refractivity contribution in [2.45, 2.75) is 13.8 Å². The van der Waals surface area contributed by atoms with E-state index in [0.717, 1.165) is 17.9 Å². The summed E-state index contributed by atoms with van der Waals surface area (Å²) < 4.78 is 4.43. The number of benzene rings is 1. The zero-order chi connectivity index (χ0) is 9.46. The van der Waals surface area contributed by atoms with E-state index >= 15 is 0 Å². The minimum atomic E-state index is 1.11. The second-order valence-corrected chi connectivity index (χ2v) is 5.68. The highest BCUT2D eigenvalue weighted by molar-refractivity contribution is 9.14. The Hall–Kier alpha value is 1.14. The molecule has 66 valence electrons. The van der Waals surface area contributed by atoms with Crippen LogP contribution < -0.4 is 0 Å². The van der Waals surface area contributed by atoms with Crippen molar-refractivity contribution in [3.63, 3.8) is 0 Å². The van der Waals surface area contributed by atoms with Crippen molar-refractivity contribution in [3.8, 4) is 0 Å². The fraction of sp³-hybridized carbons (Fsp3) is 0.250. The molecule has 0 bridgehead atoms. The van der Waals surface area contributed by atoms with Gasteiger partial charge in [-0.3, -0.25) is 0 Å². The lowest BCUT2D eigenvalue weighted by atomic mass is 11.0. The van der Waals surface area contributed by atoms with E-state index in [1.54, 1.807) is 0 Å². The van der Waals surface area contributed by atoms with Crippen molar-refractivity contribution in [1.82, 2.24) is 0 Å². The molecule has 0 saturated heterocycles. The van der Waals surface area contributed by atoms with E-state index in [4.69, 9.17) is 0 Å². The third-order valence-corrected chi connectivity index (χ3v) is 6.73. The van der Waals surface area contributed by atoms with E-state index in [0.29, 0.717) is 0 Å². The second-order valence-electron chi connectivity index (χ2n) is 2.51. The first kappa shape index (κ1) is 11.2. The van der Waals surface area contributed by atoms with Crippen LogP contribution in [0.3, 0.4) is 0 Å². The summed E-state index contributed by atoms with van der Waals surface area (Å²) in [5, 5.41) is 0. The number of hydrogen-bond acceptors (Lipinski definition) is 0. The van der Waals surface area contributed by atoms with Crippen molar-refractivity contribution in [2.24, 2.45) is 0 Å². The molecule has 0 aliphatic carbocycles. The molecule has 0 fully saturated rings. The summed E-state index contributed by atoms with van der Waals surface area (Å²) in [6.07, 6.45) is 0. The molecule has 4 heteroatoms. The minimum Gasteiger partial charge on any atom is -0.0493 e. The molecule has 0 nitrogen and oxygen atoms in total. The lowest BCUT2D eigenvalue weighted by Gasteiger charge is -2.10. The number of halogens is 4. The molecule has 1 aromatic rings. The maximum atomic E-state index is 3.52. The maximum Gasteiger partial charge on any atom is 0.0361 e. The van der Waals surface area contributed by atoms with Crippen molar-refractivity contribution < 1.29 is 0 Å². The average molecular weight is 428 g/mol. The molecular weight excluding hydrogens is 422 g/mol. The lowest BCUT2D eigenvalue weighted by molar-refractivity contribution is 1.28. The number of rotatable bonds is 0. The predicted octanol–water partition coefficient (Wildman–Crippen LogP) is 5.35. The van der Waals surface area contributed by atoms with Gasteiger partial charge < -0.3 is 0 Å². The molecule has 0 heterocycles. The Labute approximate surface area is 106 Å². The van der Waals surface area contributed by atoms with Crippen molar-refractivity contribution >= 4 is 63.7 Å². The van der Waals surface area contributed by atoms with Crippen LogP contribution in [0.2, 0.25) is 0 Å². The van der Waals surface area contributed by atoms with Crippen LogP contribution in [0.1, 0.15) is 11.1 Å². The Kier molecular flexibility index (Phi) is 3.84. The van der Waals surface area contributed by atoms with Crippen LogP contribution in [0.25, 0.3) is 0 Å². The van der Waals surface area contributed by atoms with Gasteiger partial charge in [0, 0.05) is 17.9 Å². The van der Waals surface area contributed by atoms with E-state index in [9.17, 15) is 0 Å². The zero-order valence-electron chi connectivity index (χ0n) is 6.51. The van der Waals surface area contributed by atoms with Crippen molar-refractivity contribution in [2.75, 3.05) is 0 Å². The van der Waals surface area contributed by atoms with Gasteiger partial charge in [-0.05, 0) is 88.7 Å². The first-order chi connectivity index (χ1) is 5.46. The van der Waals surface area contributed by atoms with Crippen LogP contribution >= 0.6 is 63.7 Å². The van der Waals surface area contributed by atoms with Gasteiger partial charge in [0.15, 0.2) is 0 Å². The van der Waals surface area contributed by atoms with E-state index in [1.807, 2.05) is 0 Å². The number of hydrogen-bond donors (Lipinski definition) is 0. The molecule has 0 radical (unpaired) electrons. The van der Waals surface area contributed by atoms with Gasteiger partial charge in [-0.2, -0.15) is 0 Å². The molecule has 0 aliphatic rings. The van der Waals surface area contributed by atoms with E-state index in [1.165, 1.54) is 11.1 Å². The molecule has 0 atom stereocenters. The Balaban J connectivity index is 3.60. The van der Waals surface area contributed by atoms with Gasteiger partial charge in [0.05, 0.1) is 0 Å². The molecular formula is C8H6Br4. The summed E-state index contributed by atoms with van der Waals surface area (Å²) in [6.45, 7) is 4.12. The monoisotopic (exact) mass is 424 g/mol. The van der Waals surface area contributed by atoms with Gasteiger partial charge in [-0.15, -0.1) is 0 Å². The fourth-order valence-corrected chi connectivity index (χ4v) is 3.37. The molecule has 0 spiro atoms. The molecule has 0 amide bonds. The van der Waals surface area contributed by atoms with Crippen LogP contribution in [0, 0.1) is 13.8 Å². The highest BCUT2D eigenvalue weighted by atomic mass is 79.9. The van der Waals surface area contributed by atoms with Crippen molar-refractivity contribution in [3.05, 3.63) is 29.0 Å².